The van der Waals surface area contributed by atoms with Crippen LogP contribution in [-0.2, 0) is 16.2 Å². The van der Waals surface area contributed by atoms with Crippen LogP contribution in [0.2, 0.25) is 5.15 Å². The lowest BCUT2D eigenvalue weighted by Crippen LogP contribution is -2.58. The van der Waals surface area contributed by atoms with Gasteiger partial charge in [0.1, 0.15) is 23.3 Å². The number of aliphatic hydroxyl groups excluding tert-OH is 1. The van der Waals surface area contributed by atoms with Crippen molar-refractivity contribution in [3.8, 4) is 0 Å². The van der Waals surface area contributed by atoms with E-state index in [0.717, 1.165) is 0 Å². The zero-order chi connectivity index (χ0) is 14.0. The van der Waals surface area contributed by atoms with Crippen molar-refractivity contribution >= 4 is 29.2 Å². The molecule has 1 aliphatic heterocycles. The first kappa shape index (κ1) is 13.7. The maximum Gasteiger partial charge on any atom is 0.249 e. The van der Waals surface area contributed by atoms with Crippen molar-refractivity contribution in [1.29, 1.82) is 0 Å². The Hall–Kier alpha value is -1.73. The summed E-state index contributed by atoms with van der Waals surface area (Å²) in [4.78, 5) is 32.6. The molecule has 0 aliphatic carbocycles. The Morgan fingerprint density at radius 2 is 2.26 bits per heavy atom. The smallest absolute Gasteiger partial charge is 0.249 e. The molecule has 2 rings (SSSR count). The maximum atomic E-state index is 11.8. The van der Waals surface area contributed by atoms with Crippen LogP contribution in [0, 0.1) is 0 Å². The van der Waals surface area contributed by atoms with Crippen LogP contribution in [0.15, 0.2) is 6.33 Å². The van der Waals surface area contributed by atoms with Gasteiger partial charge in [-0.05, 0) is 6.42 Å². The molecule has 1 saturated heterocycles. The van der Waals surface area contributed by atoms with Crippen LogP contribution in [-0.4, -0.2) is 39.5 Å². The Morgan fingerprint density at radius 1 is 1.53 bits per heavy atom. The molecule has 1 aliphatic rings. The van der Waals surface area contributed by atoms with Gasteiger partial charge in [-0.25, -0.2) is 9.97 Å². The molecule has 0 radical (unpaired) electrons. The highest BCUT2D eigenvalue weighted by Gasteiger charge is 2.34. The summed E-state index contributed by atoms with van der Waals surface area (Å²) in [6, 6.07) is -0.519. The molecule has 102 valence electrons. The number of nitrogens with zero attached hydrogens (tertiary/aromatic N) is 3. The van der Waals surface area contributed by atoms with Crippen molar-refractivity contribution in [1.82, 2.24) is 15.3 Å². The van der Waals surface area contributed by atoms with E-state index in [9.17, 15) is 14.7 Å². The Bertz CT molecular complexity index is 523. The van der Waals surface area contributed by atoms with E-state index in [-0.39, 0.29) is 24.2 Å². The fraction of sp³-hybridized carbons (Fsp3) is 0.455. The van der Waals surface area contributed by atoms with Gasteiger partial charge in [0.15, 0.2) is 0 Å². The van der Waals surface area contributed by atoms with Gasteiger partial charge in [-0.15, -0.1) is 0 Å². The number of aromatic nitrogens is 2. The molecule has 2 N–H and O–H groups in total. The lowest BCUT2D eigenvalue weighted by atomic mass is 10.1. The zero-order valence-electron chi connectivity index (χ0n) is 10.3. The van der Waals surface area contributed by atoms with Crippen LogP contribution in [0.3, 0.4) is 0 Å². The lowest BCUT2D eigenvalue weighted by Gasteiger charge is -2.35. The second-order valence-corrected chi connectivity index (χ2v) is 4.45. The molecular formula is C11H13ClN4O3. The molecule has 1 aromatic heterocycles. The molecule has 1 atom stereocenters. The van der Waals surface area contributed by atoms with Gasteiger partial charge < -0.3 is 10.0 Å². The van der Waals surface area contributed by atoms with Crippen molar-refractivity contribution in [2.75, 3.05) is 11.4 Å². The third kappa shape index (κ3) is 2.52. The summed E-state index contributed by atoms with van der Waals surface area (Å²) in [6.45, 7) is 1.46. The van der Waals surface area contributed by atoms with E-state index in [1.165, 1.54) is 6.33 Å². The number of amides is 2. The monoisotopic (exact) mass is 284 g/mol. The SMILES string of the molecule is CCC1C(=O)NC(=O)CN1c1ncnc(Cl)c1CO. The Balaban J connectivity index is 2.46. The number of hydrogen-bond acceptors (Lipinski definition) is 6. The number of rotatable bonds is 3. The van der Waals surface area contributed by atoms with Crippen molar-refractivity contribution in [3.63, 3.8) is 0 Å². The normalized spacial score (nSPS) is 19.5. The molecule has 0 bridgehead atoms. The minimum absolute atomic E-state index is 0.00934. The van der Waals surface area contributed by atoms with Crippen molar-refractivity contribution in [2.45, 2.75) is 26.0 Å². The standard InChI is InChI=1S/C11H13ClN4O3/c1-2-7-11(19)15-8(18)3-16(7)10-6(4-17)9(12)13-5-14-10/h5,7,17H,2-4H2,1H3,(H,15,18,19). The summed E-state index contributed by atoms with van der Waals surface area (Å²) in [5, 5.41) is 11.7. The van der Waals surface area contributed by atoms with Crippen LogP contribution >= 0.6 is 11.6 Å². The summed E-state index contributed by atoms with van der Waals surface area (Å²) in [5.41, 5.74) is 0.310. The largest absolute Gasteiger partial charge is 0.391 e. The summed E-state index contributed by atoms with van der Waals surface area (Å²) >= 11 is 5.89. The molecular weight excluding hydrogens is 272 g/mol. The zero-order valence-corrected chi connectivity index (χ0v) is 11.0. The van der Waals surface area contributed by atoms with E-state index < -0.39 is 11.9 Å². The Morgan fingerprint density at radius 3 is 2.89 bits per heavy atom. The van der Waals surface area contributed by atoms with Gasteiger partial charge in [-0.3, -0.25) is 14.9 Å². The predicted octanol–water partition coefficient (Wildman–Crippen LogP) is -0.136. The minimum atomic E-state index is -0.519. The molecule has 19 heavy (non-hydrogen) atoms. The summed E-state index contributed by atoms with van der Waals surface area (Å²) in [6.07, 6.45) is 1.74. The number of halogens is 1. The second kappa shape index (κ2) is 5.50. The first-order chi connectivity index (χ1) is 9.08. The number of anilines is 1. The molecule has 8 heteroatoms. The fourth-order valence-electron chi connectivity index (χ4n) is 2.06. The second-order valence-electron chi connectivity index (χ2n) is 4.09. The van der Waals surface area contributed by atoms with Gasteiger partial charge in [0.05, 0.1) is 18.7 Å². The maximum absolute atomic E-state index is 11.8. The van der Waals surface area contributed by atoms with Gasteiger partial charge in [0, 0.05) is 0 Å². The van der Waals surface area contributed by atoms with Crippen LogP contribution in [0.5, 0.6) is 0 Å². The van der Waals surface area contributed by atoms with E-state index >= 15 is 0 Å². The average Bonchev–Trinajstić information content (AvgIpc) is 2.37. The summed E-state index contributed by atoms with van der Waals surface area (Å²) in [5.74, 6) is -0.469. The van der Waals surface area contributed by atoms with E-state index in [1.54, 1.807) is 4.90 Å². The molecule has 0 spiro atoms. The van der Waals surface area contributed by atoms with Crippen molar-refractivity contribution in [3.05, 3.63) is 17.0 Å². The summed E-state index contributed by atoms with van der Waals surface area (Å²) in [7, 11) is 0. The lowest BCUT2D eigenvalue weighted by molar-refractivity contribution is -0.132. The van der Waals surface area contributed by atoms with Crippen LogP contribution in [0.25, 0.3) is 0 Å². The van der Waals surface area contributed by atoms with Gasteiger partial charge in [-0.2, -0.15) is 0 Å². The van der Waals surface area contributed by atoms with Gasteiger partial charge in [0.25, 0.3) is 0 Å². The fourth-order valence-corrected chi connectivity index (χ4v) is 2.25. The number of piperazine rings is 1. The molecule has 1 aromatic rings. The molecule has 0 aromatic carbocycles. The van der Waals surface area contributed by atoms with Crippen molar-refractivity contribution < 1.29 is 14.7 Å². The number of carbonyl (C=O) groups is 2. The molecule has 7 nitrogen and oxygen atoms in total. The molecule has 2 heterocycles. The van der Waals surface area contributed by atoms with Crippen molar-refractivity contribution in [2.24, 2.45) is 0 Å². The van der Waals surface area contributed by atoms with Crippen LogP contribution < -0.4 is 10.2 Å². The first-order valence-corrected chi connectivity index (χ1v) is 6.16. The Kier molecular flexibility index (Phi) is 3.96. The highest BCUT2D eigenvalue weighted by molar-refractivity contribution is 6.30. The van der Waals surface area contributed by atoms with Crippen LogP contribution in [0.1, 0.15) is 18.9 Å². The average molecular weight is 285 g/mol. The van der Waals surface area contributed by atoms with E-state index in [0.29, 0.717) is 17.8 Å². The number of carbonyl (C=O) groups excluding carboxylic acids is 2. The van der Waals surface area contributed by atoms with E-state index in [1.807, 2.05) is 6.92 Å². The number of nitrogens with one attached hydrogen (secondary N) is 1. The third-order valence-corrected chi connectivity index (χ3v) is 3.27. The van der Waals surface area contributed by atoms with Gasteiger partial charge in [-0.1, -0.05) is 18.5 Å². The molecule has 1 unspecified atom stereocenters. The van der Waals surface area contributed by atoms with Gasteiger partial charge >= 0.3 is 0 Å². The molecule has 2 amide bonds. The highest BCUT2D eigenvalue weighted by atomic mass is 35.5. The number of hydrogen-bond donors (Lipinski definition) is 2. The van der Waals surface area contributed by atoms with Crippen LogP contribution in [0.4, 0.5) is 5.82 Å². The quantitative estimate of drug-likeness (QED) is 0.593. The first-order valence-electron chi connectivity index (χ1n) is 5.79. The third-order valence-electron chi connectivity index (χ3n) is 2.94. The van der Waals surface area contributed by atoms with E-state index in [4.69, 9.17) is 11.6 Å². The number of aliphatic hydroxyl groups is 1. The van der Waals surface area contributed by atoms with E-state index in [2.05, 4.69) is 15.3 Å². The number of imide groups is 1. The highest BCUT2D eigenvalue weighted by Crippen LogP contribution is 2.26. The predicted molar refractivity (Wildman–Crippen MR) is 67.5 cm³/mol. The summed E-state index contributed by atoms with van der Waals surface area (Å²) < 4.78 is 0. The molecule has 0 saturated carbocycles. The topological polar surface area (TPSA) is 95.4 Å². The Labute approximate surface area is 114 Å². The molecule has 1 fully saturated rings. The van der Waals surface area contributed by atoms with Gasteiger partial charge in [0.2, 0.25) is 11.8 Å². The minimum Gasteiger partial charge on any atom is -0.391 e.